The minimum Gasteiger partial charge on any atom is -0.373 e. The number of halogens is 3. The van der Waals surface area contributed by atoms with Crippen LogP contribution in [-0.2, 0) is 9.53 Å². The van der Waals surface area contributed by atoms with Gasteiger partial charge in [-0.1, -0.05) is 0 Å². The number of carbonyl (C=O) groups is 1. The Bertz CT molecular complexity index is 269. The van der Waals surface area contributed by atoms with Crippen LogP contribution in [0.4, 0.5) is 13.2 Å². The Morgan fingerprint density at radius 1 is 1.59 bits per heavy atom. The molecule has 1 heterocycles. The highest BCUT2D eigenvalue weighted by molar-refractivity contribution is 5.76. The second-order valence-electron chi connectivity index (χ2n) is 4.22. The van der Waals surface area contributed by atoms with Crippen molar-refractivity contribution in [2.45, 2.75) is 38.1 Å². The smallest absolute Gasteiger partial charge is 0.373 e. The number of morpholine rings is 1. The highest BCUT2D eigenvalue weighted by Gasteiger charge is 2.31. The predicted molar refractivity (Wildman–Crippen MR) is 55.3 cm³/mol. The summed E-state index contributed by atoms with van der Waals surface area (Å²) >= 11 is 0. The predicted octanol–water partition coefficient (Wildman–Crippen LogP) is 0.903. The summed E-state index contributed by atoms with van der Waals surface area (Å²) in [5, 5.41) is 0. The Morgan fingerprint density at radius 3 is 2.76 bits per heavy atom. The summed E-state index contributed by atoms with van der Waals surface area (Å²) < 4.78 is 41.2. The van der Waals surface area contributed by atoms with E-state index in [1.54, 1.807) is 6.92 Å². The Balaban J connectivity index is 2.41. The molecule has 1 aliphatic rings. The number of amides is 1. The number of nitrogens with two attached hydrogens (primary N) is 1. The maximum absolute atomic E-state index is 12.0. The molecule has 0 saturated carbocycles. The lowest BCUT2D eigenvalue weighted by Gasteiger charge is -2.34. The van der Waals surface area contributed by atoms with Crippen molar-refractivity contribution in [1.82, 2.24) is 4.90 Å². The van der Waals surface area contributed by atoms with Crippen molar-refractivity contribution in [1.29, 1.82) is 0 Å². The molecular formula is C10H17F3N2O2. The quantitative estimate of drug-likeness (QED) is 0.814. The Kier molecular flexibility index (Phi) is 4.76. The first-order valence-electron chi connectivity index (χ1n) is 5.51. The number of carbonyl (C=O) groups excluding carboxylic acids is 1. The average molecular weight is 254 g/mol. The molecule has 1 fully saturated rings. The van der Waals surface area contributed by atoms with E-state index < -0.39 is 24.9 Å². The van der Waals surface area contributed by atoms with Gasteiger partial charge in [-0.05, 0) is 6.92 Å². The van der Waals surface area contributed by atoms with Crippen molar-refractivity contribution in [2.24, 2.45) is 5.73 Å². The van der Waals surface area contributed by atoms with Gasteiger partial charge in [0.05, 0.1) is 19.1 Å². The summed E-state index contributed by atoms with van der Waals surface area (Å²) in [4.78, 5) is 12.9. The van der Waals surface area contributed by atoms with Crippen molar-refractivity contribution in [3.8, 4) is 0 Å². The Morgan fingerprint density at radius 2 is 2.24 bits per heavy atom. The van der Waals surface area contributed by atoms with Crippen LogP contribution in [0, 0.1) is 0 Å². The molecule has 2 N–H and O–H groups in total. The zero-order valence-corrected chi connectivity index (χ0v) is 9.67. The van der Waals surface area contributed by atoms with Crippen molar-refractivity contribution in [3.05, 3.63) is 0 Å². The average Bonchev–Trinajstić information content (AvgIpc) is 2.25. The molecule has 17 heavy (non-hydrogen) atoms. The highest BCUT2D eigenvalue weighted by Crippen LogP contribution is 2.22. The summed E-state index contributed by atoms with van der Waals surface area (Å²) in [7, 11) is 0. The largest absolute Gasteiger partial charge is 0.389 e. The van der Waals surface area contributed by atoms with Gasteiger partial charge >= 0.3 is 6.18 Å². The minimum atomic E-state index is -4.29. The molecule has 1 saturated heterocycles. The first kappa shape index (κ1) is 14.2. The lowest BCUT2D eigenvalue weighted by Crippen LogP contribution is -2.51. The third-order valence-corrected chi connectivity index (χ3v) is 2.65. The van der Waals surface area contributed by atoms with Gasteiger partial charge in [0.15, 0.2) is 0 Å². The number of ether oxygens (including phenoxy) is 1. The van der Waals surface area contributed by atoms with Crippen molar-refractivity contribution in [3.63, 3.8) is 0 Å². The summed E-state index contributed by atoms with van der Waals surface area (Å²) in [6.07, 6.45) is -6.16. The van der Waals surface area contributed by atoms with E-state index in [9.17, 15) is 18.0 Å². The van der Waals surface area contributed by atoms with Crippen LogP contribution in [0.15, 0.2) is 0 Å². The molecule has 4 nitrogen and oxygen atoms in total. The van der Waals surface area contributed by atoms with E-state index in [0.29, 0.717) is 13.2 Å². The topological polar surface area (TPSA) is 55.6 Å². The van der Waals surface area contributed by atoms with Gasteiger partial charge in [-0.15, -0.1) is 0 Å². The van der Waals surface area contributed by atoms with Gasteiger partial charge in [0.25, 0.3) is 0 Å². The van der Waals surface area contributed by atoms with Gasteiger partial charge in [0, 0.05) is 25.6 Å². The molecule has 0 spiro atoms. The second kappa shape index (κ2) is 5.68. The summed E-state index contributed by atoms with van der Waals surface area (Å²) in [6, 6.07) is -0.242. The molecule has 0 aromatic rings. The fraction of sp³-hybridized carbons (Fsp3) is 0.900. The normalized spacial score (nSPS) is 23.6. The number of hydrogen-bond donors (Lipinski definition) is 1. The summed E-state index contributed by atoms with van der Waals surface area (Å²) in [6.45, 7) is 2.67. The lowest BCUT2D eigenvalue weighted by atomic mass is 10.1. The van der Waals surface area contributed by atoms with Gasteiger partial charge in [-0.2, -0.15) is 13.2 Å². The molecule has 0 aromatic carbocycles. The van der Waals surface area contributed by atoms with Crippen LogP contribution in [-0.4, -0.2) is 48.8 Å². The molecule has 1 aliphatic heterocycles. The molecule has 0 radical (unpaired) electrons. The van der Waals surface area contributed by atoms with Crippen molar-refractivity contribution in [2.75, 3.05) is 19.7 Å². The molecular weight excluding hydrogens is 237 g/mol. The van der Waals surface area contributed by atoms with Crippen LogP contribution >= 0.6 is 0 Å². The fourth-order valence-electron chi connectivity index (χ4n) is 1.63. The monoisotopic (exact) mass is 254 g/mol. The van der Waals surface area contributed by atoms with Gasteiger partial charge in [0.1, 0.15) is 0 Å². The number of nitrogens with zero attached hydrogens (tertiary/aromatic N) is 1. The first-order chi connectivity index (χ1) is 7.79. The van der Waals surface area contributed by atoms with E-state index in [1.807, 2.05) is 0 Å². The minimum absolute atomic E-state index is 0.242. The van der Waals surface area contributed by atoms with E-state index in [-0.39, 0.29) is 18.7 Å². The van der Waals surface area contributed by atoms with Crippen LogP contribution in [0.25, 0.3) is 0 Å². The van der Waals surface area contributed by atoms with E-state index in [2.05, 4.69) is 0 Å². The van der Waals surface area contributed by atoms with Gasteiger partial charge < -0.3 is 15.4 Å². The van der Waals surface area contributed by atoms with Crippen molar-refractivity contribution < 1.29 is 22.7 Å². The molecule has 0 aliphatic carbocycles. The summed E-state index contributed by atoms with van der Waals surface area (Å²) in [5.74, 6) is -0.490. The third-order valence-electron chi connectivity index (χ3n) is 2.65. The molecule has 0 aromatic heterocycles. The fourth-order valence-corrected chi connectivity index (χ4v) is 1.63. The third kappa shape index (κ3) is 4.91. The van der Waals surface area contributed by atoms with E-state index in [1.165, 1.54) is 4.90 Å². The number of hydrogen-bond acceptors (Lipinski definition) is 3. The van der Waals surface area contributed by atoms with Gasteiger partial charge in [-0.25, -0.2) is 0 Å². The number of alkyl halides is 3. The highest BCUT2D eigenvalue weighted by atomic mass is 19.4. The molecule has 7 heteroatoms. The Labute approximate surface area is 97.9 Å². The zero-order chi connectivity index (χ0) is 13.1. The van der Waals surface area contributed by atoms with Crippen LogP contribution in [0.3, 0.4) is 0 Å². The van der Waals surface area contributed by atoms with Crippen LogP contribution < -0.4 is 5.73 Å². The molecule has 2 atom stereocenters. The SMILES string of the molecule is C[C@@H](N)[C@@H]1CN(C(=O)CCC(F)(F)F)CCO1. The lowest BCUT2D eigenvalue weighted by molar-refractivity contribution is -0.153. The Hall–Kier alpha value is -0.820. The van der Waals surface area contributed by atoms with E-state index in [0.717, 1.165) is 0 Å². The van der Waals surface area contributed by atoms with E-state index >= 15 is 0 Å². The standard InChI is InChI=1S/C10H17F3N2O2/c1-7(14)8-6-15(4-5-17-8)9(16)2-3-10(11,12)13/h7-8H,2-6,14H2,1H3/t7-,8+/m1/s1. The molecule has 1 amide bonds. The molecule has 0 bridgehead atoms. The maximum Gasteiger partial charge on any atom is 0.389 e. The second-order valence-corrected chi connectivity index (χ2v) is 4.22. The van der Waals surface area contributed by atoms with Crippen LogP contribution in [0.2, 0.25) is 0 Å². The maximum atomic E-state index is 12.0. The molecule has 100 valence electrons. The van der Waals surface area contributed by atoms with Crippen LogP contribution in [0.5, 0.6) is 0 Å². The molecule has 1 rings (SSSR count). The van der Waals surface area contributed by atoms with Gasteiger partial charge in [0.2, 0.25) is 5.91 Å². The van der Waals surface area contributed by atoms with Crippen LogP contribution in [0.1, 0.15) is 19.8 Å². The van der Waals surface area contributed by atoms with Crippen molar-refractivity contribution >= 4 is 5.91 Å². The first-order valence-corrected chi connectivity index (χ1v) is 5.51. The number of rotatable bonds is 3. The van der Waals surface area contributed by atoms with Gasteiger partial charge in [-0.3, -0.25) is 4.79 Å². The summed E-state index contributed by atoms with van der Waals surface area (Å²) in [5.41, 5.74) is 5.63. The van der Waals surface area contributed by atoms with E-state index in [4.69, 9.17) is 10.5 Å². The molecule has 0 unspecified atom stereocenters. The zero-order valence-electron chi connectivity index (χ0n) is 9.67.